The SMILES string of the molecule is Cc1cccc(OCC(=O)N/N=C\c2cc(Cl)cc(Cl)c2O)c1C. The monoisotopic (exact) mass is 366 g/mol. The van der Waals surface area contributed by atoms with Crippen LogP contribution in [0.4, 0.5) is 0 Å². The van der Waals surface area contributed by atoms with Crippen molar-refractivity contribution in [3.63, 3.8) is 0 Å². The van der Waals surface area contributed by atoms with Crippen molar-refractivity contribution >= 4 is 35.3 Å². The lowest BCUT2D eigenvalue weighted by molar-refractivity contribution is -0.123. The van der Waals surface area contributed by atoms with Gasteiger partial charge in [-0.25, -0.2) is 5.43 Å². The third-order valence-electron chi connectivity index (χ3n) is 3.36. The van der Waals surface area contributed by atoms with Crippen molar-refractivity contribution in [1.29, 1.82) is 0 Å². The first-order valence-electron chi connectivity index (χ1n) is 7.07. The standard InChI is InChI=1S/C17H16Cl2N2O3/c1-10-4-3-5-15(11(10)2)24-9-16(22)21-20-8-12-6-13(18)7-14(19)17(12)23/h3-8,23H,9H2,1-2H3,(H,21,22)/b20-8-. The van der Waals surface area contributed by atoms with Crippen molar-refractivity contribution in [2.24, 2.45) is 5.10 Å². The van der Waals surface area contributed by atoms with E-state index in [1.54, 1.807) is 6.07 Å². The number of carbonyl (C=O) groups excluding carboxylic acids is 1. The zero-order valence-corrected chi connectivity index (χ0v) is 14.6. The normalized spacial score (nSPS) is 10.8. The Balaban J connectivity index is 1.93. The van der Waals surface area contributed by atoms with Crippen LogP contribution in [0.5, 0.6) is 11.5 Å². The zero-order valence-electron chi connectivity index (χ0n) is 13.1. The van der Waals surface area contributed by atoms with E-state index in [4.69, 9.17) is 27.9 Å². The van der Waals surface area contributed by atoms with Gasteiger partial charge < -0.3 is 9.84 Å². The summed E-state index contributed by atoms with van der Waals surface area (Å²) >= 11 is 11.6. The molecule has 5 nitrogen and oxygen atoms in total. The molecule has 24 heavy (non-hydrogen) atoms. The maximum absolute atomic E-state index is 11.8. The highest BCUT2D eigenvalue weighted by atomic mass is 35.5. The summed E-state index contributed by atoms with van der Waals surface area (Å²) in [6, 6.07) is 8.51. The molecule has 0 fully saturated rings. The first-order valence-corrected chi connectivity index (χ1v) is 7.83. The maximum Gasteiger partial charge on any atom is 0.277 e. The molecule has 2 N–H and O–H groups in total. The molecule has 0 aliphatic carbocycles. The Morgan fingerprint density at radius 2 is 2.08 bits per heavy atom. The maximum atomic E-state index is 11.8. The van der Waals surface area contributed by atoms with Crippen molar-refractivity contribution in [3.05, 3.63) is 57.1 Å². The quantitative estimate of drug-likeness (QED) is 0.623. The highest BCUT2D eigenvalue weighted by Crippen LogP contribution is 2.29. The molecule has 0 saturated carbocycles. The van der Waals surface area contributed by atoms with E-state index in [0.29, 0.717) is 16.3 Å². The molecule has 126 valence electrons. The molecule has 0 heterocycles. The van der Waals surface area contributed by atoms with Crippen LogP contribution in [0.25, 0.3) is 0 Å². The molecule has 0 bridgehead atoms. The summed E-state index contributed by atoms with van der Waals surface area (Å²) in [5.74, 6) is 0.0545. The topological polar surface area (TPSA) is 70.9 Å². The minimum Gasteiger partial charge on any atom is -0.506 e. The number of rotatable bonds is 5. The summed E-state index contributed by atoms with van der Waals surface area (Å²) in [6.45, 7) is 3.71. The lowest BCUT2D eigenvalue weighted by atomic mass is 10.1. The molecule has 0 aliphatic rings. The second kappa shape index (κ2) is 8.04. The fourth-order valence-corrected chi connectivity index (χ4v) is 2.42. The number of ether oxygens (including phenoxy) is 1. The molecule has 0 unspecified atom stereocenters. The molecule has 2 aromatic rings. The molecular weight excluding hydrogens is 351 g/mol. The van der Waals surface area contributed by atoms with Gasteiger partial charge in [0.1, 0.15) is 11.5 Å². The van der Waals surface area contributed by atoms with Crippen molar-refractivity contribution in [3.8, 4) is 11.5 Å². The van der Waals surface area contributed by atoms with Crippen LogP contribution >= 0.6 is 23.2 Å². The van der Waals surface area contributed by atoms with Crippen LogP contribution in [0.1, 0.15) is 16.7 Å². The van der Waals surface area contributed by atoms with E-state index >= 15 is 0 Å². The minimum atomic E-state index is -0.431. The van der Waals surface area contributed by atoms with Gasteiger partial charge in [0.15, 0.2) is 6.61 Å². The number of benzene rings is 2. The Morgan fingerprint density at radius 3 is 2.83 bits per heavy atom. The number of nitrogens with one attached hydrogen (secondary N) is 1. The number of amides is 1. The largest absolute Gasteiger partial charge is 0.506 e. The third-order valence-corrected chi connectivity index (χ3v) is 3.87. The van der Waals surface area contributed by atoms with Crippen molar-refractivity contribution in [2.45, 2.75) is 13.8 Å². The molecule has 0 aromatic heterocycles. The van der Waals surface area contributed by atoms with Crippen LogP contribution < -0.4 is 10.2 Å². The van der Waals surface area contributed by atoms with E-state index in [-0.39, 0.29) is 17.4 Å². The average molecular weight is 367 g/mol. The summed E-state index contributed by atoms with van der Waals surface area (Å²) < 4.78 is 5.47. The molecule has 7 heteroatoms. The Kier molecular flexibility index (Phi) is 6.06. The zero-order chi connectivity index (χ0) is 17.7. The summed E-state index contributed by atoms with van der Waals surface area (Å²) in [7, 11) is 0. The van der Waals surface area contributed by atoms with Crippen LogP contribution in [0.3, 0.4) is 0 Å². The van der Waals surface area contributed by atoms with Gasteiger partial charge in [0.2, 0.25) is 0 Å². The molecular formula is C17H16Cl2N2O3. The number of hydrogen-bond acceptors (Lipinski definition) is 4. The predicted octanol–water partition coefficient (Wildman–Crippen LogP) is 3.84. The summed E-state index contributed by atoms with van der Waals surface area (Å²) in [5.41, 5.74) is 4.67. The molecule has 0 spiro atoms. The number of phenols is 1. The minimum absolute atomic E-state index is 0.105. The first-order chi connectivity index (χ1) is 11.4. The summed E-state index contributed by atoms with van der Waals surface area (Å²) in [5, 5.41) is 14.0. The first kappa shape index (κ1) is 18.1. The fourth-order valence-electron chi connectivity index (χ4n) is 1.91. The third kappa shape index (κ3) is 4.63. The number of phenolic OH excluding ortho intramolecular Hbond substituents is 1. The van der Waals surface area contributed by atoms with E-state index < -0.39 is 5.91 Å². The number of halogens is 2. The predicted molar refractivity (Wildman–Crippen MR) is 95.3 cm³/mol. The lowest BCUT2D eigenvalue weighted by Crippen LogP contribution is -2.24. The molecule has 0 saturated heterocycles. The number of aromatic hydroxyl groups is 1. The van der Waals surface area contributed by atoms with E-state index in [0.717, 1.165) is 11.1 Å². The highest BCUT2D eigenvalue weighted by Gasteiger charge is 2.07. The molecule has 0 radical (unpaired) electrons. The number of carbonyl (C=O) groups is 1. The lowest BCUT2D eigenvalue weighted by Gasteiger charge is -2.09. The van der Waals surface area contributed by atoms with Crippen molar-refractivity contribution in [1.82, 2.24) is 5.43 Å². The number of hydrazone groups is 1. The van der Waals surface area contributed by atoms with Crippen LogP contribution in [0.15, 0.2) is 35.4 Å². The highest BCUT2D eigenvalue weighted by molar-refractivity contribution is 6.36. The molecule has 2 rings (SSSR count). The van der Waals surface area contributed by atoms with Crippen LogP contribution in [0.2, 0.25) is 10.0 Å². The second-order valence-electron chi connectivity index (χ2n) is 5.11. The van der Waals surface area contributed by atoms with Gasteiger partial charge in [-0.2, -0.15) is 5.10 Å². The van der Waals surface area contributed by atoms with Crippen LogP contribution in [0, 0.1) is 13.8 Å². The van der Waals surface area contributed by atoms with Gasteiger partial charge in [-0.1, -0.05) is 35.3 Å². The summed E-state index contributed by atoms with van der Waals surface area (Å²) in [4.78, 5) is 11.8. The van der Waals surface area contributed by atoms with Crippen LogP contribution in [-0.2, 0) is 4.79 Å². The Hall–Kier alpha value is -2.24. The Bertz CT molecular complexity index is 792. The number of hydrogen-bond donors (Lipinski definition) is 2. The van der Waals surface area contributed by atoms with Gasteiger partial charge in [-0.3, -0.25) is 4.79 Å². The van der Waals surface area contributed by atoms with Gasteiger partial charge in [-0.05, 0) is 43.2 Å². The molecule has 0 atom stereocenters. The Morgan fingerprint density at radius 1 is 1.33 bits per heavy atom. The summed E-state index contributed by atoms with van der Waals surface area (Å²) in [6.07, 6.45) is 1.25. The molecule has 1 amide bonds. The number of nitrogens with zero attached hydrogens (tertiary/aromatic N) is 1. The smallest absolute Gasteiger partial charge is 0.277 e. The Labute approximate surface area is 149 Å². The average Bonchev–Trinajstić information content (AvgIpc) is 2.53. The van der Waals surface area contributed by atoms with Crippen molar-refractivity contribution in [2.75, 3.05) is 6.61 Å². The number of aryl methyl sites for hydroxylation is 1. The van der Waals surface area contributed by atoms with Gasteiger partial charge in [0, 0.05) is 10.6 Å². The van der Waals surface area contributed by atoms with Gasteiger partial charge >= 0.3 is 0 Å². The van der Waals surface area contributed by atoms with E-state index in [1.165, 1.54) is 18.3 Å². The second-order valence-corrected chi connectivity index (χ2v) is 5.95. The van der Waals surface area contributed by atoms with Gasteiger partial charge in [-0.15, -0.1) is 0 Å². The van der Waals surface area contributed by atoms with E-state index in [1.807, 2.05) is 26.0 Å². The van der Waals surface area contributed by atoms with Gasteiger partial charge in [0.25, 0.3) is 5.91 Å². The molecule has 2 aromatic carbocycles. The molecule has 0 aliphatic heterocycles. The van der Waals surface area contributed by atoms with Crippen LogP contribution in [-0.4, -0.2) is 23.8 Å². The van der Waals surface area contributed by atoms with Crippen molar-refractivity contribution < 1.29 is 14.6 Å². The van der Waals surface area contributed by atoms with E-state index in [2.05, 4.69) is 10.5 Å². The van der Waals surface area contributed by atoms with E-state index in [9.17, 15) is 9.90 Å². The fraction of sp³-hybridized carbons (Fsp3) is 0.176. The van der Waals surface area contributed by atoms with Gasteiger partial charge in [0.05, 0.1) is 11.2 Å².